The van der Waals surface area contributed by atoms with Crippen LogP contribution in [0, 0.1) is 0 Å². The molecular weight excluding hydrogens is 344 g/mol. The van der Waals surface area contributed by atoms with E-state index in [-0.39, 0.29) is 28.4 Å². The summed E-state index contributed by atoms with van der Waals surface area (Å²) >= 11 is 0. The van der Waals surface area contributed by atoms with Gasteiger partial charge >= 0.3 is 0 Å². The van der Waals surface area contributed by atoms with Crippen LogP contribution in [-0.4, -0.2) is 41.6 Å². The van der Waals surface area contributed by atoms with Crippen LogP contribution < -0.4 is 0 Å². The van der Waals surface area contributed by atoms with Crippen molar-refractivity contribution in [3.63, 3.8) is 0 Å². The van der Waals surface area contributed by atoms with E-state index in [4.69, 9.17) is 13.6 Å². The molecule has 0 radical (unpaired) electrons. The van der Waals surface area contributed by atoms with E-state index < -0.39 is 16.6 Å². The fraction of sp³-hybridized carbons (Fsp3) is 0.900. The van der Waals surface area contributed by atoms with Gasteiger partial charge in [-0.1, -0.05) is 47.6 Å². The monoisotopic (exact) mass is 386 g/mol. The molecule has 1 heterocycles. The number of rotatable bonds is 7. The van der Waals surface area contributed by atoms with Crippen LogP contribution in [0.15, 0.2) is 12.7 Å². The molecule has 0 aromatic carbocycles. The highest BCUT2D eigenvalue weighted by molar-refractivity contribution is 6.74. The molecule has 0 aromatic rings. The van der Waals surface area contributed by atoms with Gasteiger partial charge in [0.1, 0.15) is 6.10 Å². The number of hydrogen-bond acceptors (Lipinski definition) is 3. The first-order valence-electron chi connectivity index (χ1n) is 9.69. The highest BCUT2D eigenvalue weighted by Crippen LogP contribution is 2.41. The summed E-state index contributed by atoms with van der Waals surface area (Å²) in [7, 11) is -3.61. The van der Waals surface area contributed by atoms with E-state index in [9.17, 15) is 0 Å². The first-order chi connectivity index (χ1) is 11.1. The van der Waals surface area contributed by atoms with Crippen molar-refractivity contribution in [3.8, 4) is 0 Å². The van der Waals surface area contributed by atoms with Crippen molar-refractivity contribution in [3.05, 3.63) is 12.7 Å². The van der Waals surface area contributed by atoms with Gasteiger partial charge in [0.05, 0.1) is 18.8 Å². The van der Waals surface area contributed by atoms with Gasteiger partial charge in [-0.05, 0) is 42.7 Å². The molecule has 3 nitrogen and oxygen atoms in total. The van der Waals surface area contributed by atoms with E-state index in [0.717, 1.165) is 12.8 Å². The Balaban J connectivity index is 2.84. The fourth-order valence-electron chi connectivity index (χ4n) is 2.47. The van der Waals surface area contributed by atoms with E-state index in [1.54, 1.807) is 0 Å². The van der Waals surface area contributed by atoms with Crippen LogP contribution in [-0.2, 0) is 13.6 Å². The summed E-state index contributed by atoms with van der Waals surface area (Å²) in [5, 5.41) is 0.413. The Bertz CT molecular complexity index is 447. The Kier molecular flexibility index (Phi) is 7.36. The minimum atomic E-state index is -1.83. The summed E-state index contributed by atoms with van der Waals surface area (Å²) in [5.74, 6) is 0. The van der Waals surface area contributed by atoms with Crippen molar-refractivity contribution >= 4 is 16.6 Å². The maximum Gasteiger partial charge on any atom is 0.192 e. The van der Waals surface area contributed by atoms with Crippen LogP contribution in [0.3, 0.4) is 0 Å². The third-order valence-corrected chi connectivity index (χ3v) is 15.4. The van der Waals surface area contributed by atoms with Crippen LogP contribution in [0.5, 0.6) is 0 Å². The van der Waals surface area contributed by atoms with Crippen molar-refractivity contribution < 1.29 is 13.6 Å². The Labute approximate surface area is 158 Å². The van der Waals surface area contributed by atoms with Crippen LogP contribution in [0.25, 0.3) is 0 Å². The Hall–Kier alpha value is 0.0538. The van der Waals surface area contributed by atoms with E-state index in [1.807, 2.05) is 6.08 Å². The minimum Gasteiger partial charge on any atom is -0.414 e. The second kappa shape index (κ2) is 7.97. The summed E-state index contributed by atoms with van der Waals surface area (Å²) in [6.07, 6.45) is 4.16. The van der Waals surface area contributed by atoms with Crippen LogP contribution in [0.4, 0.5) is 0 Å². The first kappa shape index (κ1) is 23.1. The Morgan fingerprint density at radius 3 is 1.96 bits per heavy atom. The maximum absolute atomic E-state index is 6.72. The van der Waals surface area contributed by atoms with Gasteiger partial charge < -0.3 is 13.6 Å². The quantitative estimate of drug-likeness (QED) is 0.389. The predicted octanol–water partition coefficient (Wildman–Crippen LogP) is 6.13. The lowest BCUT2D eigenvalue weighted by atomic mass is 10.1. The smallest absolute Gasteiger partial charge is 0.192 e. The molecule has 0 bridgehead atoms. The van der Waals surface area contributed by atoms with Gasteiger partial charge in [0.15, 0.2) is 16.6 Å². The van der Waals surface area contributed by atoms with E-state index in [0.29, 0.717) is 6.61 Å². The lowest BCUT2D eigenvalue weighted by Gasteiger charge is -2.40. The molecular formula is C20H42O3Si2. The molecule has 5 heteroatoms. The van der Waals surface area contributed by atoms with E-state index in [1.165, 1.54) is 0 Å². The molecule has 1 fully saturated rings. The third-order valence-electron chi connectivity index (χ3n) is 6.37. The zero-order chi connectivity index (χ0) is 19.7. The third kappa shape index (κ3) is 6.03. The number of hydrogen-bond donors (Lipinski definition) is 0. The van der Waals surface area contributed by atoms with E-state index >= 15 is 0 Å². The highest BCUT2D eigenvalue weighted by atomic mass is 28.4. The minimum absolute atomic E-state index is 0.0354. The van der Waals surface area contributed by atoms with Crippen molar-refractivity contribution in [2.45, 2.75) is 109 Å². The van der Waals surface area contributed by atoms with Gasteiger partial charge in [-0.25, -0.2) is 0 Å². The van der Waals surface area contributed by atoms with Gasteiger partial charge in [0, 0.05) is 6.42 Å². The molecule has 1 unspecified atom stereocenters. The molecule has 0 saturated carbocycles. The lowest BCUT2D eigenvalue weighted by Crippen LogP contribution is -2.48. The second-order valence-electron chi connectivity index (χ2n) is 10.5. The van der Waals surface area contributed by atoms with Gasteiger partial charge in [-0.3, -0.25) is 0 Å². The lowest BCUT2D eigenvalue weighted by molar-refractivity contribution is -0.0146. The topological polar surface area (TPSA) is 27.7 Å². The first-order valence-corrected chi connectivity index (χ1v) is 15.5. The molecule has 1 aliphatic heterocycles. The molecule has 0 amide bonds. The van der Waals surface area contributed by atoms with Gasteiger partial charge in [-0.2, -0.15) is 0 Å². The van der Waals surface area contributed by atoms with Gasteiger partial charge in [-0.15, -0.1) is 6.58 Å². The van der Waals surface area contributed by atoms with Crippen molar-refractivity contribution in [2.24, 2.45) is 0 Å². The zero-order valence-corrected chi connectivity index (χ0v) is 20.4. The molecule has 0 spiro atoms. The van der Waals surface area contributed by atoms with Gasteiger partial charge in [0.25, 0.3) is 0 Å². The highest BCUT2D eigenvalue weighted by Gasteiger charge is 2.45. The fourth-order valence-corrected chi connectivity index (χ4v) is 4.84. The average molecular weight is 387 g/mol. The summed E-state index contributed by atoms with van der Waals surface area (Å²) in [6, 6.07) is 0. The summed E-state index contributed by atoms with van der Waals surface area (Å²) < 4.78 is 19.5. The van der Waals surface area contributed by atoms with E-state index in [2.05, 4.69) is 74.3 Å². The normalized spacial score (nSPS) is 26.1. The maximum atomic E-state index is 6.72. The summed E-state index contributed by atoms with van der Waals surface area (Å²) in [4.78, 5) is 0. The summed E-state index contributed by atoms with van der Waals surface area (Å²) in [6.45, 7) is 27.4. The molecule has 1 saturated heterocycles. The molecule has 25 heavy (non-hydrogen) atoms. The summed E-state index contributed by atoms with van der Waals surface area (Å²) in [5.41, 5.74) is 0. The molecule has 0 aromatic heterocycles. The van der Waals surface area contributed by atoms with Crippen LogP contribution in [0.2, 0.25) is 36.3 Å². The van der Waals surface area contributed by atoms with Crippen LogP contribution in [0.1, 0.15) is 54.4 Å². The molecule has 1 aliphatic rings. The molecule has 1 rings (SSSR count). The SMILES string of the molecule is C=CCC1C[C@H](O[Si](C)(C)C(C)(C)C)[C@@H](CO[Si](C)(C)C(C)(C)C)O1. The number of ether oxygens (including phenoxy) is 1. The van der Waals surface area contributed by atoms with Crippen molar-refractivity contribution in [1.29, 1.82) is 0 Å². The van der Waals surface area contributed by atoms with Crippen molar-refractivity contribution in [2.75, 3.05) is 6.61 Å². The second-order valence-corrected chi connectivity index (χ2v) is 20.1. The Morgan fingerprint density at radius 2 is 1.52 bits per heavy atom. The zero-order valence-electron chi connectivity index (χ0n) is 18.4. The largest absolute Gasteiger partial charge is 0.414 e. The van der Waals surface area contributed by atoms with Gasteiger partial charge in [0.2, 0.25) is 0 Å². The van der Waals surface area contributed by atoms with Crippen molar-refractivity contribution in [1.82, 2.24) is 0 Å². The Morgan fingerprint density at radius 1 is 1.00 bits per heavy atom. The molecule has 3 atom stereocenters. The molecule has 0 N–H and O–H groups in total. The molecule has 148 valence electrons. The standard InChI is InChI=1S/C20H42O3Si2/c1-12-13-16-14-17(23-25(10,11)20(5,6)7)18(22-16)15-21-24(8,9)19(2,3)4/h12,16-18H,1,13-15H2,2-11H3/t16?,17-,18+/m0/s1. The van der Waals surface area contributed by atoms with Crippen LogP contribution >= 0.6 is 0 Å². The average Bonchev–Trinajstić information content (AvgIpc) is 2.75. The predicted molar refractivity (Wildman–Crippen MR) is 113 cm³/mol. The molecule has 0 aliphatic carbocycles.